The molecule has 1 aromatic rings. The molecule has 3 rings (SSSR count). The third-order valence-electron chi connectivity index (χ3n) is 3.96. The average Bonchev–Trinajstić information content (AvgIpc) is 3.01. The van der Waals surface area contributed by atoms with Gasteiger partial charge >= 0.3 is 0 Å². The van der Waals surface area contributed by atoms with E-state index in [0.717, 1.165) is 12.8 Å². The second-order valence-corrected chi connectivity index (χ2v) is 4.84. The van der Waals surface area contributed by atoms with Crippen molar-refractivity contribution in [1.29, 1.82) is 0 Å². The molecule has 2 fully saturated rings. The minimum absolute atomic E-state index is 0.116. The largest absolute Gasteiger partial charge is 0.351 e. The Balaban J connectivity index is 1.80. The standard InChI is InChI=1S/C12H15N3O3/c1-14-8-5-7-15(9(8)2-3-11(14)16)12(17)10-4-6-13-18-10/h4,6,8-9H,2-3,5,7H2,1H3/t8-,9-/m1/s1. The Kier molecular flexibility index (Phi) is 2.57. The van der Waals surface area contributed by atoms with Gasteiger partial charge in [-0.2, -0.15) is 0 Å². The molecule has 2 aliphatic heterocycles. The van der Waals surface area contributed by atoms with E-state index in [0.29, 0.717) is 13.0 Å². The third kappa shape index (κ3) is 1.60. The topological polar surface area (TPSA) is 66.7 Å². The molecule has 3 heterocycles. The summed E-state index contributed by atoms with van der Waals surface area (Å²) in [5.41, 5.74) is 0. The Morgan fingerprint density at radius 3 is 3.00 bits per heavy atom. The summed E-state index contributed by atoms with van der Waals surface area (Å²) in [7, 11) is 1.82. The van der Waals surface area contributed by atoms with Crippen LogP contribution in [0, 0.1) is 0 Å². The van der Waals surface area contributed by atoms with Crippen LogP contribution in [0.2, 0.25) is 0 Å². The van der Waals surface area contributed by atoms with Gasteiger partial charge in [-0.25, -0.2) is 0 Å². The number of likely N-dealkylation sites (N-methyl/N-ethyl adjacent to an activating group) is 1. The number of hydrogen-bond acceptors (Lipinski definition) is 4. The molecule has 96 valence electrons. The first-order valence-corrected chi connectivity index (χ1v) is 6.16. The highest BCUT2D eigenvalue weighted by Gasteiger charge is 2.44. The highest BCUT2D eigenvalue weighted by molar-refractivity contribution is 5.92. The fourth-order valence-corrected chi connectivity index (χ4v) is 2.99. The maximum Gasteiger partial charge on any atom is 0.292 e. The molecule has 0 saturated carbocycles. The van der Waals surface area contributed by atoms with Gasteiger partial charge in [0.05, 0.1) is 18.3 Å². The number of likely N-dealkylation sites (tertiary alicyclic amines) is 2. The van der Waals surface area contributed by atoms with Crippen LogP contribution in [0.25, 0.3) is 0 Å². The minimum atomic E-state index is -0.122. The molecule has 6 heteroatoms. The number of aromatic nitrogens is 1. The van der Waals surface area contributed by atoms with Crippen molar-refractivity contribution in [3.8, 4) is 0 Å². The van der Waals surface area contributed by atoms with Crippen molar-refractivity contribution in [2.45, 2.75) is 31.3 Å². The van der Waals surface area contributed by atoms with Crippen molar-refractivity contribution >= 4 is 11.8 Å². The molecule has 2 aliphatic rings. The quantitative estimate of drug-likeness (QED) is 0.727. The van der Waals surface area contributed by atoms with Gasteiger partial charge in [0.25, 0.3) is 5.91 Å². The number of amides is 2. The molecule has 2 atom stereocenters. The number of nitrogens with zero attached hydrogens (tertiary/aromatic N) is 3. The molecule has 2 amide bonds. The van der Waals surface area contributed by atoms with E-state index in [9.17, 15) is 9.59 Å². The maximum absolute atomic E-state index is 12.2. The average molecular weight is 249 g/mol. The highest BCUT2D eigenvalue weighted by Crippen LogP contribution is 2.31. The van der Waals surface area contributed by atoms with Crippen LogP contribution >= 0.6 is 0 Å². The van der Waals surface area contributed by atoms with Crippen LogP contribution in [0.3, 0.4) is 0 Å². The molecule has 0 bridgehead atoms. The molecule has 0 N–H and O–H groups in total. The molecule has 0 aliphatic carbocycles. The predicted octanol–water partition coefficient (Wildman–Crippen LogP) is 0.510. The molecule has 2 saturated heterocycles. The molecule has 18 heavy (non-hydrogen) atoms. The van der Waals surface area contributed by atoms with Crippen molar-refractivity contribution in [2.75, 3.05) is 13.6 Å². The summed E-state index contributed by atoms with van der Waals surface area (Å²) in [6.07, 6.45) is 3.57. The molecule has 6 nitrogen and oxygen atoms in total. The first kappa shape index (κ1) is 11.3. The Hall–Kier alpha value is -1.85. The summed E-state index contributed by atoms with van der Waals surface area (Å²) >= 11 is 0. The van der Waals surface area contributed by atoms with E-state index in [4.69, 9.17) is 4.52 Å². The van der Waals surface area contributed by atoms with E-state index in [-0.39, 0.29) is 29.7 Å². The smallest absolute Gasteiger partial charge is 0.292 e. The fourth-order valence-electron chi connectivity index (χ4n) is 2.99. The monoisotopic (exact) mass is 249 g/mol. The lowest BCUT2D eigenvalue weighted by atomic mass is 9.97. The Morgan fingerprint density at radius 1 is 1.44 bits per heavy atom. The van der Waals surface area contributed by atoms with Crippen molar-refractivity contribution in [2.24, 2.45) is 0 Å². The fraction of sp³-hybridized carbons (Fsp3) is 0.583. The molecule has 0 radical (unpaired) electrons. The van der Waals surface area contributed by atoms with Gasteiger partial charge in [-0.1, -0.05) is 5.16 Å². The van der Waals surface area contributed by atoms with Crippen molar-refractivity contribution in [3.05, 3.63) is 18.0 Å². The zero-order chi connectivity index (χ0) is 12.7. The number of hydrogen-bond donors (Lipinski definition) is 0. The molecule has 0 spiro atoms. The summed E-state index contributed by atoms with van der Waals surface area (Å²) in [5.74, 6) is 0.322. The molecule has 0 unspecified atom stereocenters. The normalized spacial score (nSPS) is 27.5. The molecular weight excluding hydrogens is 234 g/mol. The second kappa shape index (κ2) is 4.12. The number of fused-ring (bicyclic) bond motifs is 1. The highest BCUT2D eigenvalue weighted by atomic mass is 16.5. The summed E-state index contributed by atoms with van der Waals surface area (Å²) in [6, 6.07) is 1.84. The van der Waals surface area contributed by atoms with Crippen LogP contribution < -0.4 is 0 Å². The Bertz CT molecular complexity index is 471. The van der Waals surface area contributed by atoms with Gasteiger partial charge in [-0.3, -0.25) is 9.59 Å². The zero-order valence-electron chi connectivity index (χ0n) is 10.2. The first-order valence-electron chi connectivity index (χ1n) is 6.16. The van der Waals surface area contributed by atoms with E-state index in [1.54, 1.807) is 11.0 Å². The van der Waals surface area contributed by atoms with Crippen LogP contribution in [0.1, 0.15) is 29.8 Å². The van der Waals surface area contributed by atoms with E-state index >= 15 is 0 Å². The lowest BCUT2D eigenvalue weighted by molar-refractivity contribution is -0.135. The maximum atomic E-state index is 12.2. The molecule has 0 aromatic carbocycles. The van der Waals surface area contributed by atoms with E-state index in [1.807, 2.05) is 11.9 Å². The Morgan fingerprint density at radius 2 is 2.28 bits per heavy atom. The number of piperidine rings is 1. The second-order valence-electron chi connectivity index (χ2n) is 4.84. The predicted molar refractivity (Wildman–Crippen MR) is 61.7 cm³/mol. The summed E-state index contributed by atoms with van der Waals surface area (Å²) in [6.45, 7) is 0.673. The lowest BCUT2D eigenvalue weighted by Gasteiger charge is -2.37. The van der Waals surface area contributed by atoms with E-state index in [1.165, 1.54) is 6.20 Å². The van der Waals surface area contributed by atoms with Crippen LogP contribution in [0.4, 0.5) is 0 Å². The van der Waals surface area contributed by atoms with Gasteiger partial charge < -0.3 is 14.3 Å². The van der Waals surface area contributed by atoms with Crippen molar-refractivity contribution < 1.29 is 14.1 Å². The Labute approximate surface area is 105 Å². The van der Waals surface area contributed by atoms with Crippen molar-refractivity contribution in [3.63, 3.8) is 0 Å². The third-order valence-corrected chi connectivity index (χ3v) is 3.96. The summed E-state index contributed by atoms with van der Waals surface area (Å²) in [5, 5.41) is 3.56. The zero-order valence-corrected chi connectivity index (χ0v) is 10.2. The van der Waals surface area contributed by atoms with Gasteiger partial charge in [-0.05, 0) is 12.8 Å². The van der Waals surface area contributed by atoms with Gasteiger partial charge in [0.1, 0.15) is 0 Å². The van der Waals surface area contributed by atoms with Crippen LogP contribution in [0.5, 0.6) is 0 Å². The van der Waals surface area contributed by atoms with Crippen LogP contribution in [-0.2, 0) is 4.79 Å². The minimum Gasteiger partial charge on any atom is -0.351 e. The molecular formula is C12H15N3O3. The van der Waals surface area contributed by atoms with E-state index in [2.05, 4.69) is 5.16 Å². The van der Waals surface area contributed by atoms with Gasteiger partial charge in [0, 0.05) is 26.1 Å². The van der Waals surface area contributed by atoms with Gasteiger partial charge in [0.15, 0.2) is 0 Å². The van der Waals surface area contributed by atoms with Gasteiger partial charge in [0.2, 0.25) is 11.7 Å². The number of carbonyl (C=O) groups excluding carboxylic acids is 2. The van der Waals surface area contributed by atoms with Crippen LogP contribution in [0.15, 0.2) is 16.8 Å². The molecule has 1 aromatic heterocycles. The lowest BCUT2D eigenvalue weighted by Crippen LogP contribution is -2.51. The van der Waals surface area contributed by atoms with Crippen LogP contribution in [-0.4, -0.2) is 52.4 Å². The SMILES string of the molecule is CN1C(=O)CC[C@@H]2[C@H]1CCN2C(=O)c1ccno1. The van der Waals surface area contributed by atoms with E-state index < -0.39 is 0 Å². The number of carbonyl (C=O) groups is 2. The first-order chi connectivity index (χ1) is 8.68. The summed E-state index contributed by atoms with van der Waals surface area (Å²) in [4.78, 5) is 27.5. The van der Waals surface area contributed by atoms with Gasteiger partial charge in [-0.15, -0.1) is 0 Å². The summed E-state index contributed by atoms with van der Waals surface area (Å²) < 4.78 is 4.91. The van der Waals surface area contributed by atoms with Crippen molar-refractivity contribution in [1.82, 2.24) is 15.0 Å². The number of rotatable bonds is 1.